The van der Waals surface area contributed by atoms with Gasteiger partial charge in [0.2, 0.25) is 0 Å². The van der Waals surface area contributed by atoms with E-state index in [9.17, 15) is 4.79 Å². The minimum atomic E-state index is -0.384. The molecule has 1 amide bonds. The van der Waals surface area contributed by atoms with Gasteiger partial charge < -0.3 is 11.1 Å². The van der Waals surface area contributed by atoms with E-state index < -0.39 is 0 Å². The van der Waals surface area contributed by atoms with Gasteiger partial charge in [-0.15, -0.1) is 0 Å². The van der Waals surface area contributed by atoms with Crippen molar-refractivity contribution >= 4 is 28.8 Å². The zero-order valence-electron chi connectivity index (χ0n) is 16.2. The Morgan fingerprint density at radius 3 is 2.73 bits per heavy atom. The Bertz CT molecular complexity index is 1240. The van der Waals surface area contributed by atoms with Crippen LogP contribution in [0.4, 0.5) is 5.69 Å². The topological polar surface area (TPSA) is 111 Å². The van der Waals surface area contributed by atoms with Gasteiger partial charge in [0.15, 0.2) is 5.65 Å². The zero-order valence-corrected chi connectivity index (χ0v) is 16.2. The molecule has 3 heterocycles. The molecule has 0 aliphatic rings. The lowest BCUT2D eigenvalue weighted by molar-refractivity contribution is 0.0978. The minimum absolute atomic E-state index is 0.292. The molecule has 0 fully saturated rings. The molecule has 0 saturated heterocycles. The van der Waals surface area contributed by atoms with E-state index in [4.69, 9.17) is 5.73 Å². The van der Waals surface area contributed by atoms with E-state index in [-0.39, 0.29) is 5.91 Å². The number of carbonyl (C=O) groups is 1. The first-order valence-corrected chi connectivity index (χ1v) is 9.23. The fourth-order valence-electron chi connectivity index (χ4n) is 2.79. The largest absolute Gasteiger partial charge is 0.398 e. The standard InChI is InChI=1S/C22H19N7O/c1-15-5-7-17(8-6-15)27-20(12-19(23)16-4-2-9-24-13-16)28-22(30)18-14-26-29-11-3-10-25-21(18)29/h2-14H,23H2,1H3,(H,27,28,30)/b19-12-. The molecule has 3 N–H and O–H groups in total. The molecule has 0 unspecified atom stereocenters. The van der Waals surface area contributed by atoms with E-state index in [1.807, 2.05) is 37.3 Å². The number of rotatable bonds is 4. The van der Waals surface area contributed by atoms with Crippen LogP contribution in [0.2, 0.25) is 0 Å². The number of fused-ring (bicyclic) bond motifs is 1. The van der Waals surface area contributed by atoms with Gasteiger partial charge in [0.05, 0.1) is 11.9 Å². The summed E-state index contributed by atoms with van der Waals surface area (Å²) in [7, 11) is 0. The van der Waals surface area contributed by atoms with Crippen LogP contribution in [-0.2, 0) is 0 Å². The average molecular weight is 397 g/mol. The number of aryl methyl sites for hydroxylation is 1. The molecule has 0 spiro atoms. The molecule has 30 heavy (non-hydrogen) atoms. The highest BCUT2D eigenvalue weighted by molar-refractivity contribution is 6.14. The summed E-state index contributed by atoms with van der Waals surface area (Å²) in [6.07, 6.45) is 9.71. The highest BCUT2D eigenvalue weighted by Crippen LogP contribution is 2.15. The summed E-state index contributed by atoms with van der Waals surface area (Å²) in [6, 6.07) is 13.0. The van der Waals surface area contributed by atoms with Crippen LogP contribution in [0, 0.1) is 6.92 Å². The lowest BCUT2D eigenvalue weighted by atomic mass is 10.2. The second-order valence-electron chi connectivity index (χ2n) is 6.57. The molecule has 8 nitrogen and oxygen atoms in total. The Balaban J connectivity index is 1.69. The number of aromatic nitrogens is 4. The summed E-state index contributed by atoms with van der Waals surface area (Å²) >= 11 is 0. The van der Waals surface area contributed by atoms with Crippen LogP contribution in [0.25, 0.3) is 11.3 Å². The van der Waals surface area contributed by atoms with Crippen LogP contribution in [0.5, 0.6) is 0 Å². The van der Waals surface area contributed by atoms with Crippen molar-refractivity contribution in [2.45, 2.75) is 6.92 Å². The number of benzene rings is 1. The SMILES string of the molecule is Cc1ccc(N=C(/C=C(\N)c2cccnc2)NC(=O)c2cnn3cccnc23)cc1. The molecule has 0 radical (unpaired) electrons. The molecule has 8 heteroatoms. The smallest absolute Gasteiger partial charge is 0.262 e. The third-order valence-electron chi connectivity index (χ3n) is 4.34. The van der Waals surface area contributed by atoms with Crippen molar-refractivity contribution in [3.63, 3.8) is 0 Å². The normalized spacial score (nSPS) is 12.2. The van der Waals surface area contributed by atoms with Gasteiger partial charge in [-0.25, -0.2) is 14.5 Å². The lowest BCUT2D eigenvalue weighted by Crippen LogP contribution is -2.29. The molecule has 1 aromatic carbocycles. The minimum Gasteiger partial charge on any atom is -0.398 e. The number of hydrogen-bond donors (Lipinski definition) is 2. The van der Waals surface area contributed by atoms with Crippen LogP contribution in [0.15, 0.2) is 84.5 Å². The number of nitrogens with one attached hydrogen (secondary N) is 1. The van der Waals surface area contributed by atoms with E-state index in [1.165, 1.54) is 10.7 Å². The number of amides is 1. The predicted molar refractivity (Wildman–Crippen MR) is 115 cm³/mol. The number of carbonyl (C=O) groups excluding carboxylic acids is 1. The van der Waals surface area contributed by atoms with Gasteiger partial charge in [-0.05, 0) is 37.3 Å². The highest BCUT2D eigenvalue weighted by atomic mass is 16.1. The summed E-state index contributed by atoms with van der Waals surface area (Å²) < 4.78 is 1.53. The fraction of sp³-hybridized carbons (Fsp3) is 0.0455. The van der Waals surface area contributed by atoms with Gasteiger partial charge in [0.1, 0.15) is 11.4 Å². The van der Waals surface area contributed by atoms with Crippen molar-refractivity contribution in [1.29, 1.82) is 0 Å². The van der Waals surface area contributed by atoms with Crippen molar-refractivity contribution in [1.82, 2.24) is 24.9 Å². The first-order chi connectivity index (χ1) is 14.6. The maximum Gasteiger partial charge on any atom is 0.262 e. The predicted octanol–water partition coefficient (Wildman–Crippen LogP) is 2.89. The quantitative estimate of drug-likeness (QED) is 0.406. The maximum absolute atomic E-state index is 12.9. The molecule has 0 saturated carbocycles. The second kappa shape index (κ2) is 8.36. The zero-order chi connectivity index (χ0) is 20.9. The van der Waals surface area contributed by atoms with Crippen molar-refractivity contribution in [3.8, 4) is 0 Å². The van der Waals surface area contributed by atoms with E-state index in [0.29, 0.717) is 28.4 Å². The van der Waals surface area contributed by atoms with E-state index in [1.54, 1.807) is 43.0 Å². The molecule has 0 atom stereocenters. The fourth-order valence-corrected chi connectivity index (χ4v) is 2.79. The monoisotopic (exact) mass is 397 g/mol. The number of pyridine rings is 1. The molecular weight excluding hydrogens is 378 g/mol. The van der Waals surface area contributed by atoms with Gasteiger partial charge in [-0.1, -0.05) is 17.7 Å². The van der Waals surface area contributed by atoms with Crippen molar-refractivity contribution in [2.75, 3.05) is 0 Å². The summed E-state index contributed by atoms with van der Waals surface area (Å²) in [6.45, 7) is 1.99. The maximum atomic E-state index is 12.9. The number of hydrogen-bond acceptors (Lipinski definition) is 6. The third kappa shape index (κ3) is 4.22. The Morgan fingerprint density at radius 1 is 1.13 bits per heavy atom. The van der Waals surface area contributed by atoms with E-state index in [2.05, 4.69) is 25.4 Å². The van der Waals surface area contributed by atoms with Crippen molar-refractivity contribution in [2.24, 2.45) is 10.7 Å². The van der Waals surface area contributed by atoms with Gasteiger partial charge in [0, 0.05) is 42.1 Å². The van der Waals surface area contributed by atoms with E-state index in [0.717, 1.165) is 11.1 Å². The second-order valence-corrected chi connectivity index (χ2v) is 6.57. The van der Waals surface area contributed by atoms with Gasteiger partial charge in [0.25, 0.3) is 5.91 Å². The molecule has 4 aromatic rings. The number of amidine groups is 1. The molecule has 3 aromatic heterocycles. The molecule has 148 valence electrons. The first-order valence-electron chi connectivity index (χ1n) is 9.23. The van der Waals surface area contributed by atoms with Crippen LogP contribution in [-0.4, -0.2) is 31.3 Å². The first kappa shape index (κ1) is 19.0. The Morgan fingerprint density at radius 2 is 1.97 bits per heavy atom. The number of nitrogens with zero attached hydrogens (tertiary/aromatic N) is 5. The highest BCUT2D eigenvalue weighted by Gasteiger charge is 2.15. The summed E-state index contributed by atoms with van der Waals surface area (Å²) in [4.78, 5) is 25.8. The summed E-state index contributed by atoms with van der Waals surface area (Å²) in [5, 5.41) is 6.97. The summed E-state index contributed by atoms with van der Waals surface area (Å²) in [5.41, 5.74) is 9.95. The van der Waals surface area contributed by atoms with Gasteiger partial charge >= 0.3 is 0 Å². The summed E-state index contributed by atoms with van der Waals surface area (Å²) in [5.74, 6) is -0.0923. The Hall–Kier alpha value is -4.33. The molecule has 0 aliphatic heterocycles. The van der Waals surface area contributed by atoms with Crippen molar-refractivity contribution < 1.29 is 4.79 Å². The average Bonchev–Trinajstić information content (AvgIpc) is 3.20. The molecule has 0 aliphatic carbocycles. The Kier molecular flexibility index (Phi) is 5.29. The van der Waals surface area contributed by atoms with Crippen LogP contribution in [0.1, 0.15) is 21.5 Å². The van der Waals surface area contributed by atoms with Crippen LogP contribution in [0.3, 0.4) is 0 Å². The molecular formula is C22H19N7O. The third-order valence-corrected chi connectivity index (χ3v) is 4.34. The van der Waals surface area contributed by atoms with Crippen LogP contribution >= 0.6 is 0 Å². The van der Waals surface area contributed by atoms with Gasteiger partial charge in [-0.3, -0.25) is 9.78 Å². The Labute approximate surface area is 172 Å². The number of nitrogens with two attached hydrogens (primary N) is 1. The lowest BCUT2D eigenvalue weighted by Gasteiger charge is -2.07. The van der Waals surface area contributed by atoms with Gasteiger partial charge in [-0.2, -0.15) is 5.10 Å². The van der Waals surface area contributed by atoms with E-state index >= 15 is 0 Å². The van der Waals surface area contributed by atoms with Crippen molar-refractivity contribution in [3.05, 3.63) is 96.2 Å². The number of aliphatic imine (C=N–C) groups is 1. The molecule has 4 rings (SSSR count). The van der Waals surface area contributed by atoms with Crippen LogP contribution < -0.4 is 11.1 Å². The molecule has 0 bridgehead atoms.